The Morgan fingerprint density at radius 1 is 1.18 bits per heavy atom. The molecule has 0 atom stereocenters. The van der Waals surface area contributed by atoms with Crippen molar-refractivity contribution in [1.29, 1.82) is 0 Å². The fourth-order valence-corrected chi connectivity index (χ4v) is 1.47. The molecular weight excluding hydrogens is 224 g/mol. The SMILES string of the molecule is Nc1ccc(NCc2ncon2)c2nonc12. The fourth-order valence-electron chi connectivity index (χ4n) is 1.47. The monoisotopic (exact) mass is 232 g/mol. The topological polar surface area (TPSA) is 116 Å². The highest BCUT2D eigenvalue weighted by atomic mass is 16.6. The summed E-state index contributed by atoms with van der Waals surface area (Å²) in [6, 6.07) is 3.52. The lowest BCUT2D eigenvalue weighted by molar-refractivity contribution is 0.315. The van der Waals surface area contributed by atoms with Crippen LogP contribution in [0, 0.1) is 0 Å². The minimum Gasteiger partial charge on any atom is -0.397 e. The van der Waals surface area contributed by atoms with Gasteiger partial charge in [0.1, 0.15) is 0 Å². The van der Waals surface area contributed by atoms with Crippen LogP contribution >= 0.6 is 0 Å². The van der Waals surface area contributed by atoms with Crippen LogP contribution in [-0.4, -0.2) is 20.5 Å². The number of nitrogens with zero attached hydrogens (tertiary/aromatic N) is 4. The molecule has 8 heteroatoms. The predicted octanol–water partition coefficient (Wildman–Crippen LogP) is 0.800. The van der Waals surface area contributed by atoms with E-state index in [9.17, 15) is 0 Å². The van der Waals surface area contributed by atoms with Crippen molar-refractivity contribution in [2.75, 3.05) is 11.1 Å². The van der Waals surface area contributed by atoms with Gasteiger partial charge >= 0.3 is 0 Å². The first-order valence-electron chi connectivity index (χ1n) is 4.84. The van der Waals surface area contributed by atoms with Crippen LogP contribution in [0.5, 0.6) is 0 Å². The first kappa shape index (κ1) is 9.58. The van der Waals surface area contributed by atoms with E-state index >= 15 is 0 Å². The normalized spacial score (nSPS) is 10.8. The van der Waals surface area contributed by atoms with Crippen LogP contribution < -0.4 is 11.1 Å². The van der Waals surface area contributed by atoms with Crippen LogP contribution in [0.15, 0.2) is 27.7 Å². The van der Waals surface area contributed by atoms with Crippen LogP contribution in [0.3, 0.4) is 0 Å². The van der Waals surface area contributed by atoms with E-state index in [1.807, 2.05) is 0 Å². The van der Waals surface area contributed by atoms with Gasteiger partial charge in [-0.1, -0.05) is 5.16 Å². The van der Waals surface area contributed by atoms with Gasteiger partial charge in [-0.2, -0.15) is 4.98 Å². The standard InChI is InChI=1S/C9H8N6O2/c10-5-1-2-6(9-8(5)14-17-15-9)11-3-7-12-4-16-13-7/h1-2,4,11H,3,10H2. The summed E-state index contributed by atoms with van der Waals surface area (Å²) in [7, 11) is 0. The molecule has 0 aliphatic heterocycles. The summed E-state index contributed by atoms with van der Waals surface area (Å²) >= 11 is 0. The molecule has 0 radical (unpaired) electrons. The first-order chi connectivity index (χ1) is 8.34. The molecule has 0 fully saturated rings. The highest BCUT2D eigenvalue weighted by molar-refractivity contribution is 5.94. The van der Waals surface area contributed by atoms with Crippen molar-refractivity contribution >= 4 is 22.4 Å². The molecule has 2 heterocycles. The Morgan fingerprint density at radius 2 is 2.06 bits per heavy atom. The van der Waals surface area contributed by atoms with E-state index in [1.165, 1.54) is 6.39 Å². The summed E-state index contributed by atoms with van der Waals surface area (Å²) in [5, 5.41) is 14.3. The van der Waals surface area contributed by atoms with Crippen LogP contribution in [0.25, 0.3) is 11.0 Å². The molecule has 0 spiro atoms. The quantitative estimate of drug-likeness (QED) is 0.637. The van der Waals surface area contributed by atoms with Gasteiger partial charge in [0.05, 0.1) is 17.9 Å². The zero-order valence-electron chi connectivity index (χ0n) is 8.62. The molecule has 3 aromatic rings. The number of fused-ring (bicyclic) bond motifs is 1. The summed E-state index contributed by atoms with van der Waals surface area (Å²) in [5.41, 5.74) is 8.11. The van der Waals surface area contributed by atoms with Crippen LogP contribution in [0.2, 0.25) is 0 Å². The molecule has 8 nitrogen and oxygen atoms in total. The molecule has 0 aliphatic carbocycles. The minimum absolute atomic E-state index is 0.419. The fraction of sp³-hybridized carbons (Fsp3) is 0.111. The zero-order chi connectivity index (χ0) is 11.7. The van der Waals surface area contributed by atoms with Gasteiger partial charge in [0, 0.05) is 0 Å². The average Bonchev–Trinajstić information content (AvgIpc) is 2.99. The van der Waals surface area contributed by atoms with Gasteiger partial charge in [0.25, 0.3) is 0 Å². The third-order valence-electron chi connectivity index (χ3n) is 2.29. The molecular formula is C9H8N6O2. The number of benzene rings is 1. The van der Waals surface area contributed by atoms with Crippen molar-refractivity contribution in [1.82, 2.24) is 20.5 Å². The summed E-state index contributed by atoms with van der Waals surface area (Å²) in [5.74, 6) is 0.548. The number of rotatable bonds is 3. The molecule has 3 N–H and O–H groups in total. The van der Waals surface area contributed by atoms with Crippen LogP contribution in [0.4, 0.5) is 11.4 Å². The Bertz CT molecular complexity index is 632. The molecule has 17 heavy (non-hydrogen) atoms. The van der Waals surface area contributed by atoms with Gasteiger partial charge in [-0.15, -0.1) is 0 Å². The third kappa shape index (κ3) is 1.65. The molecule has 1 aromatic carbocycles. The molecule has 0 unspecified atom stereocenters. The number of hydrogen-bond acceptors (Lipinski definition) is 8. The Hall–Kier alpha value is -2.64. The summed E-state index contributed by atoms with van der Waals surface area (Å²) in [6.07, 6.45) is 1.27. The van der Waals surface area contributed by atoms with Crippen LogP contribution in [0.1, 0.15) is 5.82 Å². The first-order valence-corrected chi connectivity index (χ1v) is 4.84. The second-order valence-corrected chi connectivity index (χ2v) is 3.36. The number of aromatic nitrogens is 4. The highest BCUT2D eigenvalue weighted by Crippen LogP contribution is 2.25. The smallest absolute Gasteiger partial charge is 0.213 e. The zero-order valence-corrected chi connectivity index (χ0v) is 8.62. The van der Waals surface area contributed by atoms with E-state index in [0.717, 1.165) is 5.69 Å². The van der Waals surface area contributed by atoms with Gasteiger partial charge in [0.15, 0.2) is 16.9 Å². The molecule has 0 amide bonds. The molecule has 2 aromatic heterocycles. The van der Waals surface area contributed by atoms with E-state index in [-0.39, 0.29) is 0 Å². The minimum atomic E-state index is 0.419. The molecule has 0 aliphatic rings. The summed E-state index contributed by atoms with van der Waals surface area (Å²) in [6.45, 7) is 0.419. The van der Waals surface area contributed by atoms with E-state index in [0.29, 0.717) is 29.1 Å². The van der Waals surface area contributed by atoms with Crippen molar-refractivity contribution in [3.05, 3.63) is 24.4 Å². The maximum Gasteiger partial charge on any atom is 0.213 e. The molecule has 86 valence electrons. The lowest BCUT2D eigenvalue weighted by atomic mass is 10.2. The maximum absolute atomic E-state index is 5.73. The third-order valence-corrected chi connectivity index (χ3v) is 2.29. The number of nitrogens with two attached hydrogens (primary N) is 1. The average molecular weight is 232 g/mol. The van der Waals surface area contributed by atoms with Crippen molar-refractivity contribution in [3.63, 3.8) is 0 Å². The predicted molar refractivity (Wildman–Crippen MR) is 57.8 cm³/mol. The second-order valence-electron chi connectivity index (χ2n) is 3.36. The van der Waals surface area contributed by atoms with Gasteiger partial charge in [-0.05, 0) is 22.4 Å². The Morgan fingerprint density at radius 3 is 2.88 bits per heavy atom. The van der Waals surface area contributed by atoms with Gasteiger partial charge in [-0.25, -0.2) is 4.63 Å². The summed E-state index contributed by atoms with van der Waals surface area (Å²) in [4.78, 5) is 3.89. The molecule has 3 rings (SSSR count). The maximum atomic E-state index is 5.73. The number of anilines is 2. The van der Waals surface area contributed by atoms with Gasteiger partial charge in [-0.3, -0.25) is 0 Å². The molecule has 0 bridgehead atoms. The highest BCUT2D eigenvalue weighted by Gasteiger charge is 2.10. The largest absolute Gasteiger partial charge is 0.397 e. The molecule has 0 saturated carbocycles. The van der Waals surface area contributed by atoms with Crippen molar-refractivity contribution in [3.8, 4) is 0 Å². The Balaban J connectivity index is 1.90. The van der Waals surface area contributed by atoms with Crippen molar-refractivity contribution < 1.29 is 9.15 Å². The van der Waals surface area contributed by atoms with E-state index in [2.05, 4.69) is 34.9 Å². The van der Waals surface area contributed by atoms with E-state index in [4.69, 9.17) is 5.73 Å². The lowest BCUT2D eigenvalue weighted by Crippen LogP contribution is -2.02. The Labute approximate surface area is 94.7 Å². The summed E-state index contributed by atoms with van der Waals surface area (Å²) < 4.78 is 9.28. The number of nitrogen functional groups attached to an aromatic ring is 1. The van der Waals surface area contributed by atoms with Crippen molar-refractivity contribution in [2.24, 2.45) is 0 Å². The number of hydrogen-bond donors (Lipinski definition) is 2. The Kier molecular flexibility index (Phi) is 2.11. The van der Waals surface area contributed by atoms with Gasteiger partial charge in [0.2, 0.25) is 6.39 Å². The molecule has 0 saturated heterocycles. The van der Waals surface area contributed by atoms with Gasteiger partial charge < -0.3 is 15.6 Å². The lowest BCUT2D eigenvalue weighted by Gasteiger charge is -2.03. The second kappa shape index (κ2) is 3.74. The van der Waals surface area contributed by atoms with Crippen molar-refractivity contribution in [2.45, 2.75) is 6.54 Å². The van der Waals surface area contributed by atoms with E-state index in [1.54, 1.807) is 12.1 Å². The van der Waals surface area contributed by atoms with E-state index < -0.39 is 0 Å². The number of nitrogens with one attached hydrogen (secondary N) is 1. The van der Waals surface area contributed by atoms with Crippen LogP contribution in [-0.2, 0) is 6.54 Å².